The predicted molar refractivity (Wildman–Crippen MR) is 42.1 cm³/mol. The van der Waals surface area contributed by atoms with Crippen LogP contribution in [0.2, 0.25) is 0 Å². The minimum Gasteiger partial charge on any atom is -0.459 e. The zero-order valence-electron chi connectivity index (χ0n) is 6.19. The summed E-state index contributed by atoms with van der Waals surface area (Å²) in [5, 5.41) is 0.718. The Morgan fingerprint density at radius 3 is 2.60 bits per heavy atom. The Kier molecular flexibility index (Phi) is 2.04. The highest BCUT2D eigenvalue weighted by Crippen LogP contribution is 2.30. The molecule has 1 heterocycles. The Morgan fingerprint density at radius 1 is 1.80 bits per heavy atom. The van der Waals surface area contributed by atoms with E-state index in [-0.39, 0.29) is 17.5 Å². The number of hydrogen-bond acceptors (Lipinski definition) is 2. The van der Waals surface area contributed by atoms with E-state index < -0.39 is 0 Å². The molecule has 1 unspecified atom stereocenters. The summed E-state index contributed by atoms with van der Waals surface area (Å²) in [5.41, 5.74) is -0.241. The van der Waals surface area contributed by atoms with Crippen LogP contribution >= 0.6 is 15.9 Å². The average molecular weight is 207 g/mol. The number of halogens is 1. The maximum Gasteiger partial charge on any atom is 0.310 e. The molecule has 0 aromatic rings. The van der Waals surface area contributed by atoms with Gasteiger partial charge in [0.2, 0.25) is 0 Å². The van der Waals surface area contributed by atoms with Gasteiger partial charge in [-0.05, 0) is 13.8 Å². The molecular formula is C7H11BrO2. The topological polar surface area (TPSA) is 26.3 Å². The van der Waals surface area contributed by atoms with Crippen molar-refractivity contribution in [2.24, 2.45) is 5.92 Å². The van der Waals surface area contributed by atoms with E-state index in [1.807, 2.05) is 13.8 Å². The second-order valence-corrected chi connectivity index (χ2v) is 3.88. The van der Waals surface area contributed by atoms with Crippen molar-refractivity contribution in [3.8, 4) is 0 Å². The van der Waals surface area contributed by atoms with Gasteiger partial charge in [-0.15, -0.1) is 0 Å². The van der Waals surface area contributed by atoms with Gasteiger partial charge in [-0.3, -0.25) is 4.79 Å². The van der Waals surface area contributed by atoms with E-state index in [2.05, 4.69) is 15.9 Å². The van der Waals surface area contributed by atoms with Crippen molar-refractivity contribution >= 4 is 21.9 Å². The van der Waals surface area contributed by atoms with Crippen LogP contribution in [0, 0.1) is 5.92 Å². The first-order chi connectivity index (χ1) is 4.55. The molecule has 0 radical (unpaired) electrons. The summed E-state index contributed by atoms with van der Waals surface area (Å²) < 4.78 is 5.08. The van der Waals surface area contributed by atoms with Crippen molar-refractivity contribution in [3.05, 3.63) is 0 Å². The van der Waals surface area contributed by atoms with Gasteiger partial charge in [0.25, 0.3) is 0 Å². The lowest BCUT2D eigenvalue weighted by Crippen LogP contribution is -2.17. The van der Waals surface area contributed by atoms with Crippen LogP contribution in [-0.2, 0) is 9.53 Å². The Labute approximate surface area is 69.1 Å². The molecule has 0 amide bonds. The fourth-order valence-electron chi connectivity index (χ4n) is 1.19. The van der Waals surface area contributed by atoms with E-state index in [4.69, 9.17) is 4.74 Å². The first-order valence-electron chi connectivity index (χ1n) is 3.34. The molecule has 58 valence electrons. The van der Waals surface area contributed by atoms with Crippen molar-refractivity contribution in [3.63, 3.8) is 0 Å². The van der Waals surface area contributed by atoms with Gasteiger partial charge in [-0.2, -0.15) is 0 Å². The molecule has 1 aliphatic rings. The Hall–Kier alpha value is -0.0500. The van der Waals surface area contributed by atoms with E-state index in [0.29, 0.717) is 0 Å². The molecule has 1 atom stereocenters. The quantitative estimate of drug-likeness (QED) is 0.483. The maximum atomic E-state index is 11.0. The Balaban J connectivity index is 2.61. The van der Waals surface area contributed by atoms with Gasteiger partial charge in [0.05, 0.1) is 5.92 Å². The van der Waals surface area contributed by atoms with Crippen molar-refractivity contribution in [2.45, 2.75) is 25.9 Å². The van der Waals surface area contributed by atoms with Gasteiger partial charge < -0.3 is 4.74 Å². The normalized spacial score (nSPS) is 30.3. The summed E-state index contributed by atoms with van der Waals surface area (Å²) >= 11 is 3.27. The molecule has 1 fully saturated rings. The highest BCUT2D eigenvalue weighted by Gasteiger charge is 2.38. The summed E-state index contributed by atoms with van der Waals surface area (Å²) in [5.74, 6) is -0.00289. The summed E-state index contributed by atoms with van der Waals surface area (Å²) in [6.45, 7) is 3.88. The van der Waals surface area contributed by atoms with E-state index in [9.17, 15) is 4.79 Å². The third-order valence-electron chi connectivity index (χ3n) is 1.63. The third-order valence-corrected chi connectivity index (χ3v) is 2.42. The van der Waals surface area contributed by atoms with Gasteiger partial charge in [-0.1, -0.05) is 15.9 Å². The van der Waals surface area contributed by atoms with Crippen LogP contribution in [0.3, 0.4) is 0 Å². The van der Waals surface area contributed by atoms with E-state index in [1.165, 1.54) is 0 Å². The second-order valence-electron chi connectivity index (χ2n) is 3.24. The molecule has 10 heavy (non-hydrogen) atoms. The monoisotopic (exact) mass is 206 g/mol. The zero-order chi connectivity index (χ0) is 7.78. The molecule has 0 saturated carbocycles. The molecule has 2 nitrogen and oxygen atoms in total. The number of cyclic esters (lactones) is 1. The molecule has 0 aliphatic carbocycles. The molecule has 1 rings (SSSR count). The lowest BCUT2D eigenvalue weighted by molar-refractivity contribution is -0.147. The van der Waals surface area contributed by atoms with Gasteiger partial charge in [0.15, 0.2) is 0 Å². The molecule has 1 aliphatic heterocycles. The van der Waals surface area contributed by atoms with Crippen molar-refractivity contribution in [1.29, 1.82) is 0 Å². The summed E-state index contributed by atoms with van der Waals surface area (Å²) in [7, 11) is 0. The first kappa shape index (κ1) is 8.05. The van der Waals surface area contributed by atoms with Crippen LogP contribution in [0.4, 0.5) is 0 Å². The van der Waals surface area contributed by atoms with Crippen molar-refractivity contribution < 1.29 is 9.53 Å². The fraction of sp³-hybridized carbons (Fsp3) is 0.857. The summed E-state index contributed by atoms with van der Waals surface area (Å²) in [6.07, 6.45) is 0.830. The summed E-state index contributed by atoms with van der Waals surface area (Å²) in [6, 6.07) is 0. The van der Waals surface area contributed by atoms with Crippen molar-refractivity contribution in [1.82, 2.24) is 0 Å². The number of esters is 1. The third kappa shape index (κ3) is 1.51. The maximum absolute atomic E-state index is 11.0. The van der Waals surface area contributed by atoms with E-state index >= 15 is 0 Å². The molecule has 0 aromatic carbocycles. The van der Waals surface area contributed by atoms with Crippen LogP contribution in [0.15, 0.2) is 0 Å². The number of alkyl halides is 1. The standard InChI is InChI=1S/C7H11BrO2/c1-7(2)3-5(4-8)6(9)10-7/h5H,3-4H2,1-2H3. The highest BCUT2D eigenvalue weighted by molar-refractivity contribution is 9.09. The van der Waals surface area contributed by atoms with E-state index in [0.717, 1.165) is 11.8 Å². The van der Waals surface area contributed by atoms with Crippen LogP contribution < -0.4 is 0 Å². The van der Waals surface area contributed by atoms with Gasteiger partial charge in [0.1, 0.15) is 5.60 Å². The van der Waals surface area contributed by atoms with Gasteiger partial charge in [0, 0.05) is 11.8 Å². The minimum absolute atomic E-state index is 0.0648. The summed E-state index contributed by atoms with van der Waals surface area (Å²) in [4.78, 5) is 11.0. The van der Waals surface area contributed by atoms with Crippen molar-refractivity contribution in [2.75, 3.05) is 5.33 Å². The number of carbonyl (C=O) groups excluding carboxylic acids is 1. The van der Waals surface area contributed by atoms with E-state index in [1.54, 1.807) is 0 Å². The zero-order valence-corrected chi connectivity index (χ0v) is 7.77. The molecule has 0 spiro atoms. The Morgan fingerprint density at radius 2 is 2.40 bits per heavy atom. The number of carbonyl (C=O) groups is 1. The lowest BCUT2D eigenvalue weighted by atomic mass is 9.99. The SMILES string of the molecule is CC1(C)CC(CBr)C(=O)O1. The second kappa shape index (κ2) is 2.53. The smallest absolute Gasteiger partial charge is 0.310 e. The van der Waals surface area contributed by atoms with Crippen LogP contribution in [-0.4, -0.2) is 16.9 Å². The number of rotatable bonds is 1. The average Bonchev–Trinajstić information content (AvgIpc) is 2.05. The highest BCUT2D eigenvalue weighted by atomic mass is 79.9. The van der Waals surface area contributed by atoms with Crippen LogP contribution in [0.1, 0.15) is 20.3 Å². The van der Waals surface area contributed by atoms with Crippen LogP contribution in [0.5, 0.6) is 0 Å². The number of hydrogen-bond donors (Lipinski definition) is 0. The largest absolute Gasteiger partial charge is 0.459 e. The fourth-order valence-corrected chi connectivity index (χ4v) is 1.68. The molecule has 0 N–H and O–H groups in total. The minimum atomic E-state index is -0.241. The van der Waals surface area contributed by atoms with Crippen LogP contribution in [0.25, 0.3) is 0 Å². The molecule has 3 heteroatoms. The molecule has 0 aromatic heterocycles. The molecule has 1 saturated heterocycles. The molecule has 0 bridgehead atoms. The Bertz CT molecular complexity index is 154. The predicted octanol–water partition coefficient (Wildman–Crippen LogP) is 1.72. The number of ether oxygens (including phenoxy) is 1. The first-order valence-corrected chi connectivity index (χ1v) is 4.46. The lowest BCUT2D eigenvalue weighted by Gasteiger charge is -2.14. The van der Waals surface area contributed by atoms with Gasteiger partial charge in [-0.25, -0.2) is 0 Å². The molecular weight excluding hydrogens is 196 g/mol. The van der Waals surface area contributed by atoms with Gasteiger partial charge >= 0.3 is 5.97 Å².